The van der Waals surface area contributed by atoms with E-state index in [1.807, 2.05) is 12.1 Å². The normalized spacial score (nSPS) is 25.6. The van der Waals surface area contributed by atoms with Crippen molar-refractivity contribution in [2.75, 3.05) is 33.5 Å². The standard InChI is InChI=1S/C24H30Cl2N2O2/c1-27-18-28(16-19-7-3-2-4-8-19)17-24(27,20-10-11-21(25)22(26)15-20)12-14-30-23-9-5-6-13-29-23/h2-4,7-8,10-11,15,23H,5-6,9,12-14,16-18H2,1H3. The summed E-state index contributed by atoms with van der Waals surface area (Å²) in [6.07, 6.45) is 4.08. The molecule has 2 saturated heterocycles. The Morgan fingerprint density at radius 1 is 1.10 bits per heavy atom. The van der Waals surface area contributed by atoms with E-state index in [4.69, 9.17) is 32.7 Å². The Bertz CT molecular complexity index is 829. The van der Waals surface area contributed by atoms with Gasteiger partial charge in [-0.25, -0.2) is 0 Å². The van der Waals surface area contributed by atoms with Gasteiger partial charge in [-0.15, -0.1) is 0 Å². The predicted molar refractivity (Wildman–Crippen MR) is 122 cm³/mol. The van der Waals surface area contributed by atoms with E-state index in [0.29, 0.717) is 16.7 Å². The van der Waals surface area contributed by atoms with Gasteiger partial charge in [0.15, 0.2) is 6.29 Å². The lowest BCUT2D eigenvalue weighted by atomic mass is 9.86. The Hall–Kier alpha value is -1.14. The Labute approximate surface area is 189 Å². The highest BCUT2D eigenvalue weighted by atomic mass is 35.5. The third-order valence-corrected chi connectivity index (χ3v) is 7.03. The Morgan fingerprint density at radius 3 is 2.67 bits per heavy atom. The van der Waals surface area contributed by atoms with Crippen molar-refractivity contribution < 1.29 is 9.47 Å². The summed E-state index contributed by atoms with van der Waals surface area (Å²) in [6, 6.07) is 16.6. The number of ether oxygens (including phenoxy) is 2. The quantitative estimate of drug-likeness (QED) is 0.555. The molecule has 2 fully saturated rings. The highest BCUT2D eigenvalue weighted by molar-refractivity contribution is 6.42. The predicted octanol–water partition coefficient (Wildman–Crippen LogP) is 5.53. The summed E-state index contributed by atoms with van der Waals surface area (Å²) < 4.78 is 11.9. The van der Waals surface area contributed by atoms with Gasteiger partial charge in [-0.2, -0.15) is 0 Å². The zero-order valence-corrected chi connectivity index (χ0v) is 19.0. The molecule has 6 heteroatoms. The molecule has 2 aromatic carbocycles. The van der Waals surface area contributed by atoms with E-state index < -0.39 is 0 Å². The largest absolute Gasteiger partial charge is 0.353 e. The zero-order chi connectivity index (χ0) is 21.0. The molecule has 0 N–H and O–H groups in total. The first-order valence-electron chi connectivity index (χ1n) is 10.7. The monoisotopic (exact) mass is 448 g/mol. The van der Waals surface area contributed by atoms with Crippen molar-refractivity contribution in [2.24, 2.45) is 0 Å². The van der Waals surface area contributed by atoms with Crippen LogP contribution >= 0.6 is 23.2 Å². The maximum absolute atomic E-state index is 6.41. The molecule has 2 atom stereocenters. The van der Waals surface area contributed by atoms with Crippen LogP contribution in [0.25, 0.3) is 0 Å². The van der Waals surface area contributed by atoms with Gasteiger partial charge in [0.1, 0.15) is 0 Å². The summed E-state index contributed by atoms with van der Waals surface area (Å²) in [5, 5.41) is 1.18. The molecule has 0 radical (unpaired) electrons. The Morgan fingerprint density at radius 2 is 1.93 bits per heavy atom. The molecular formula is C24H30Cl2N2O2. The molecule has 2 aliphatic heterocycles. The van der Waals surface area contributed by atoms with Crippen molar-refractivity contribution in [1.29, 1.82) is 0 Å². The minimum atomic E-state index is -0.183. The number of likely N-dealkylation sites (N-methyl/N-ethyl adjacent to an activating group) is 1. The van der Waals surface area contributed by atoms with Gasteiger partial charge in [-0.3, -0.25) is 9.80 Å². The first-order valence-corrected chi connectivity index (χ1v) is 11.5. The van der Waals surface area contributed by atoms with Gasteiger partial charge < -0.3 is 9.47 Å². The number of hydrogen-bond acceptors (Lipinski definition) is 4. The summed E-state index contributed by atoms with van der Waals surface area (Å²) >= 11 is 12.6. The number of nitrogens with zero attached hydrogens (tertiary/aromatic N) is 2. The maximum atomic E-state index is 6.41. The summed E-state index contributed by atoms with van der Waals surface area (Å²) in [7, 11) is 2.19. The van der Waals surface area contributed by atoms with E-state index in [1.54, 1.807) is 0 Å². The molecule has 0 aliphatic carbocycles. The van der Waals surface area contributed by atoms with Gasteiger partial charge >= 0.3 is 0 Å². The molecule has 0 spiro atoms. The lowest BCUT2D eigenvalue weighted by molar-refractivity contribution is -0.166. The van der Waals surface area contributed by atoms with E-state index in [0.717, 1.165) is 45.6 Å². The highest BCUT2D eigenvalue weighted by Gasteiger charge is 2.44. The first-order chi connectivity index (χ1) is 14.6. The maximum Gasteiger partial charge on any atom is 0.157 e. The van der Waals surface area contributed by atoms with Crippen LogP contribution in [0.15, 0.2) is 48.5 Å². The van der Waals surface area contributed by atoms with E-state index in [-0.39, 0.29) is 11.8 Å². The second-order valence-corrected chi connectivity index (χ2v) is 9.20. The van der Waals surface area contributed by atoms with Crippen LogP contribution in [-0.4, -0.2) is 49.6 Å². The fraction of sp³-hybridized carbons (Fsp3) is 0.500. The Balaban J connectivity index is 1.52. The second-order valence-electron chi connectivity index (χ2n) is 8.39. The number of hydrogen-bond donors (Lipinski definition) is 0. The fourth-order valence-electron chi connectivity index (χ4n) is 4.64. The first kappa shape index (κ1) is 22.1. The zero-order valence-electron chi connectivity index (χ0n) is 17.5. The van der Waals surface area contributed by atoms with Gasteiger partial charge in [-0.1, -0.05) is 59.6 Å². The average Bonchev–Trinajstić information content (AvgIpc) is 3.07. The van der Waals surface area contributed by atoms with Gasteiger partial charge in [0, 0.05) is 19.7 Å². The molecule has 2 aliphatic rings. The lowest BCUT2D eigenvalue weighted by Crippen LogP contribution is -2.42. The fourth-order valence-corrected chi connectivity index (χ4v) is 4.93. The van der Waals surface area contributed by atoms with Crippen molar-refractivity contribution in [3.8, 4) is 0 Å². The molecule has 30 heavy (non-hydrogen) atoms. The minimum absolute atomic E-state index is 0.0725. The van der Waals surface area contributed by atoms with Crippen LogP contribution in [0.2, 0.25) is 10.0 Å². The molecule has 2 aromatic rings. The third kappa shape index (κ3) is 5.01. The number of halogens is 2. The summed E-state index contributed by atoms with van der Waals surface area (Å²) in [5.74, 6) is 0. The van der Waals surface area contributed by atoms with Crippen molar-refractivity contribution in [3.63, 3.8) is 0 Å². The topological polar surface area (TPSA) is 24.9 Å². The minimum Gasteiger partial charge on any atom is -0.353 e. The van der Waals surface area contributed by atoms with Crippen LogP contribution in [0.3, 0.4) is 0 Å². The lowest BCUT2D eigenvalue weighted by Gasteiger charge is -2.37. The van der Waals surface area contributed by atoms with Crippen molar-refractivity contribution in [2.45, 2.75) is 44.1 Å². The van der Waals surface area contributed by atoms with Crippen LogP contribution in [0.4, 0.5) is 0 Å². The Kier molecular flexibility index (Phi) is 7.35. The van der Waals surface area contributed by atoms with E-state index in [2.05, 4.69) is 53.2 Å². The second kappa shape index (κ2) is 9.99. The summed E-state index contributed by atoms with van der Waals surface area (Å²) in [4.78, 5) is 4.90. The molecule has 4 rings (SSSR count). The van der Waals surface area contributed by atoms with Crippen LogP contribution in [0, 0.1) is 0 Å². The third-order valence-electron chi connectivity index (χ3n) is 6.29. The molecule has 0 saturated carbocycles. The van der Waals surface area contributed by atoms with Gasteiger partial charge in [0.05, 0.1) is 28.9 Å². The van der Waals surface area contributed by atoms with Gasteiger partial charge in [-0.05, 0) is 56.0 Å². The SMILES string of the molecule is CN1CN(Cc2ccccc2)CC1(CCOC1CCCCO1)c1ccc(Cl)c(Cl)c1. The smallest absolute Gasteiger partial charge is 0.157 e. The van der Waals surface area contributed by atoms with Crippen molar-refractivity contribution in [3.05, 3.63) is 69.7 Å². The summed E-state index contributed by atoms with van der Waals surface area (Å²) in [5.41, 5.74) is 2.32. The molecular weight excluding hydrogens is 419 g/mol. The molecule has 162 valence electrons. The van der Waals surface area contributed by atoms with E-state index in [9.17, 15) is 0 Å². The van der Waals surface area contributed by atoms with Crippen molar-refractivity contribution in [1.82, 2.24) is 9.80 Å². The molecule has 2 heterocycles. The van der Waals surface area contributed by atoms with Crippen LogP contribution < -0.4 is 0 Å². The molecule has 0 amide bonds. The van der Waals surface area contributed by atoms with Crippen LogP contribution in [-0.2, 0) is 21.6 Å². The molecule has 0 bridgehead atoms. The van der Waals surface area contributed by atoms with E-state index >= 15 is 0 Å². The molecule has 2 unspecified atom stereocenters. The molecule has 0 aromatic heterocycles. The van der Waals surface area contributed by atoms with Crippen LogP contribution in [0.5, 0.6) is 0 Å². The molecule has 4 nitrogen and oxygen atoms in total. The van der Waals surface area contributed by atoms with Gasteiger partial charge in [0.2, 0.25) is 0 Å². The number of benzene rings is 2. The van der Waals surface area contributed by atoms with E-state index in [1.165, 1.54) is 17.5 Å². The highest BCUT2D eigenvalue weighted by Crippen LogP contribution is 2.40. The van der Waals surface area contributed by atoms with Crippen molar-refractivity contribution >= 4 is 23.2 Å². The number of rotatable bonds is 7. The average molecular weight is 449 g/mol. The van der Waals surface area contributed by atoms with Crippen LogP contribution in [0.1, 0.15) is 36.8 Å². The van der Waals surface area contributed by atoms with Gasteiger partial charge in [0.25, 0.3) is 0 Å². The summed E-state index contributed by atoms with van der Waals surface area (Å²) in [6.45, 7) is 4.16.